The highest BCUT2D eigenvalue weighted by atomic mass is 16.6. The maximum atomic E-state index is 12.8. The molecule has 0 spiro atoms. The number of allylic oxidation sites excluding steroid dienone is 10. The first-order valence-electron chi connectivity index (χ1n) is 26.8. The monoisotopic (exact) mass is 913 g/mol. The van der Waals surface area contributed by atoms with E-state index < -0.39 is 18.1 Å². The summed E-state index contributed by atoms with van der Waals surface area (Å²) in [6.45, 7) is 4.63. The highest BCUT2D eigenvalue weighted by molar-refractivity contribution is 5.72. The van der Waals surface area contributed by atoms with Crippen molar-refractivity contribution in [2.24, 2.45) is 0 Å². The van der Waals surface area contributed by atoms with Gasteiger partial charge in [0.1, 0.15) is 6.61 Å². The minimum atomic E-state index is -0.878. The zero-order valence-corrected chi connectivity index (χ0v) is 42.9. The van der Waals surface area contributed by atoms with Crippen LogP contribution in [-0.4, -0.2) is 80.6 Å². The number of hydrogen-bond donors (Lipinski definition) is 1. The molecular weight excluding hydrogens is 811 g/mol. The van der Waals surface area contributed by atoms with Crippen LogP contribution in [0.15, 0.2) is 60.8 Å². The number of carbonyl (C=O) groups is 3. The Morgan fingerprint density at radius 1 is 0.477 bits per heavy atom. The third-order valence-corrected chi connectivity index (χ3v) is 11.9. The molecule has 0 aromatic carbocycles. The molecule has 0 bridgehead atoms. The summed E-state index contributed by atoms with van der Waals surface area (Å²) in [5.41, 5.74) is 0. The van der Waals surface area contributed by atoms with Gasteiger partial charge in [0.15, 0.2) is 12.1 Å². The van der Waals surface area contributed by atoms with Crippen molar-refractivity contribution >= 4 is 17.9 Å². The van der Waals surface area contributed by atoms with Crippen LogP contribution in [0.2, 0.25) is 0 Å². The van der Waals surface area contributed by atoms with E-state index in [4.69, 9.17) is 14.2 Å². The highest BCUT2D eigenvalue weighted by Gasteiger charge is 2.31. The molecule has 0 aromatic rings. The number of ether oxygens (including phenoxy) is 3. The molecule has 1 N–H and O–H groups in total. The Kier molecular flexibility index (Phi) is 45.3. The van der Waals surface area contributed by atoms with Crippen LogP contribution in [0.5, 0.6) is 0 Å². The Balaban J connectivity index is 4.25. The number of likely N-dealkylation sites (N-methyl/N-ethyl adjacent to an activating group) is 1. The summed E-state index contributed by atoms with van der Waals surface area (Å²) in [6.07, 6.45) is 59.9. The number of hydrogen-bond acceptors (Lipinski definition) is 6. The molecule has 0 heterocycles. The molecule has 65 heavy (non-hydrogen) atoms. The van der Waals surface area contributed by atoms with E-state index in [9.17, 15) is 19.5 Å². The molecule has 0 aromatic heterocycles. The Hall–Kier alpha value is -2.97. The second-order valence-corrected chi connectivity index (χ2v) is 19.1. The van der Waals surface area contributed by atoms with Crippen molar-refractivity contribution in [2.45, 2.75) is 244 Å². The quantitative estimate of drug-likeness (QED) is 0.0281. The van der Waals surface area contributed by atoms with Crippen molar-refractivity contribution in [1.82, 2.24) is 0 Å². The maximum Gasteiger partial charge on any atom is 0.362 e. The molecule has 0 amide bonds. The lowest BCUT2D eigenvalue weighted by molar-refractivity contribution is -0.887. The van der Waals surface area contributed by atoms with Crippen LogP contribution in [0, 0.1) is 0 Å². The fourth-order valence-corrected chi connectivity index (χ4v) is 7.78. The number of quaternary nitrogens is 1. The van der Waals surface area contributed by atoms with Gasteiger partial charge in [-0.05, 0) is 77.0 Å². The normalized spacial score (nSPS) is 13.3. The first-order valence-corrected chi connectivity index (χ1v) is 26.8. The van der Waals surface area contributed by atoms with E-state index in [0.29, 0.717) is 19.3 Å². The van der Waals surface area contributed by atoms with E-state index in [1.54, 1.807) is 0 Å². The zero-order chi connectivity index (χ0) is 47.7. The molecule has 0 rings (SSSR count). The molecular formula is C57H102NO7+. The molecule has 0 saturated heterocycles. The molecule has 0 aliphatic rings. The lowest BCUT2D eigenvalue weighted by Gasteiger charge is -2.31. The van der Waals surface area contributed by atoms with Crippen LogP contribution in [0.4, 0.5) is 0 Å². The summed E-state index contributed by atoms with van der Waals surface area (Å²) >= 11 is 0. The van der Waals surface area contributed by atoms with Gasteiger partial charge in [0, 0.05) is 19.3 Å². The van der Waals surface area contributed by atoms with Crippen LogP contribution >= 0.6 is 0 Å². The molecule has 376 valence electrons. The number of carboxylic acids is 1. The third kappa shape index (κ3) is 46.0. The largest absolute Gasteiger partial charge is 0.477 e. The summed E-state index contributed by atoms with van der Waals surface area (Å²) in [5, 5.41) is 9.66. The number of carboxylic acid groups (broad SMARTS) is 1. The Morgan fingerprint density at radius 2 is 0.862 bits per heavy atom. The van der Waals surface area contributed by atoms with Gasteiger partial charge >= 0.3 is 17.9 Å². The molecule has 8 heteroatoms. The van der Waals surface area contributed by atoms with Gasteiger partial charge in [0.05, 0.1) is 34.4 Å². The first kappa shape index (κ1) is 62.0. The highest BCUT2D eigenvalue weighted by Crippen LogP contribution is 2.15. The minimum absolute atomic E-state index is 0.0535. The number of nitrogens with zero attached hydrogens (tertiary/aromatic N) is 1. The Morgan fingerprint density at radius 3 is 1.29 bits per heavy atom. The summed E-state index contributed by atoms with van der Waals surface area (Å²) in [4.78, 5) is 37.2. The summed E-state index contributed by atoms with van der Waals surface area (Å²) < 4.78 is 17.4. The van der Waals surface area contributed by atoms with Crippen LogP contribution < -0.4 is 0 Å². The van der Waals surface area contributed by atoms with Crippen LogP contribution in [0.3, 0.4) is 0 Å². The molecule has 0 aliphatic carbocycles. The average molecular weight is 913 g/mol. The topological polar surface area (TPSA) is 99.1 Å². The number of aliphatic carboxylic acids is 1. The van der Waals surface area contributed by atoms with E-state index in [2.05, 4.69) is 74.6 Å². The molecule has 0 radical (unpaired) electrons. The zero-order valence-electron chi connectivity index (χ0n) is 42.9. The van der Waals surface area contributed by atoms with Gasteiger partial charge in [-0.25, -0.2) is 4.79 Å². The summed E-state index contributed by atoms with van der Waals surface area (Å²) in [5.74, 6) is -1.49. The second-order valence-electron chi connectivity index (χ2n) is 19.1. The van der Waals surface area contributed by atoms with Crippen molar-refractivity contribution < 1.29 is 38.2 Å². The fraction of sp³-hybridized carbons (Fsp3) is 0.772. The summed E-state index contributed by atoms with van der Waals surface area (Å²) in [7, 11) is 5.53. The van der Waals surface area contributed by atoms with Gasteiger partial charge in [-0.15, -0.1) is 0 Å². The SMILES string of the molecule is CC/C=C/C/C=C/C/C=C/C/C=C/CCCCCCCCC(=O)OCC(COCCC(C(=O)O)[N+](C)(C)C)OC(=O)CCCCCCCCC/C=C/CCCCCCCCCCCCC. The Bertz CT molecular complexity index is 1250. The van der Waals surface area contributed by atoms with Gasteiger partial charge in [-0.3, -0.25) is 9.59 Å². The lowest BCUT2D eigenvalue weighted by Crippen LogP contribution is -2.50. The first-order chi connectivity index (χ1) is 31.6. The van der Waals surface area contributed by atoms with Gasteiger partial charge < -0.3 is 23.8 Å². The standard InChI is InChI=1S/C57H101NO7/c1-6-8-10-12-14-16-18-20-22-24-26-27-28-30-32-34-36-38-40-42-44-46-48-56(60)65-53(51-63-50-49-54(57(61)62)58(3,4)5)52-64-55(59)47-45-43-41-39-37-35-33-31-29-25-23-21-19-17-15-13-11-9-7-2/h9,11,15,17,21,23,28-31,53-54H,6-8,10,12-14,16,18-20,22,24-27,32-52H2,1-5H3/p+1/b11-9+,17-15+,23-21+,30-28+,31-29+. The number of unbranched alkanes of at least 4 members (excludes halogenated alkanes) is 24. The molecule has 0 saturated carbocycles. The van der Waals surface area contributed by atoms with Crippen molar-refractivity contribution in [3.05, 3.63) is 60.8 Å². The van der Waals surface area contributed by atoms with E-state index in [0.717, 1.165) is 77.0 Å². The lowest BCUT2D eigenvalue weighted by atomic mass is 10.0. The van der Waals surface area contributed by atoms with Crippen LogP contribution in [-0.2, 0) is 28.6 Å². The minimum Gasteiger partial charge on any atom is -0.477 e. The number of carbonyl (C=O) groups excluding carboxylic acids is 2. The predicted molar refractivity (Wildman–Crippen MR) is 275 cm³/mol. The van der Waals surface area contributed by atoms with E-state index in [1.807, 2.05) is 21.1 Å². The molecule has 2 atom stereocenters. The van der Waals surface area contributed by atoms with E-state index in [-0.39, 0.29) is 36.2 Å². The van der Waals surface area contributed by atoms with Gasteiger partial charge in [-0.1, -0.05) is 197 Å². The molecule has 0 aliphatic heterocycles. The van der Waals surface area contributed by atoms with E-state index >= 15 is 0 Å². The van der Waals surface area contributed by atoms with Crippen molar-refractivity contribution in [2.75, 3.05) is 41.0 Å². The van der Waals surface area contributed by atoms with Crippen molar-refractivity contribution in [3.63, 3.8) is 0 Å². The van der Waals surface area contributed by atoms with Gasteiger partial charge in [0.25, 0.3) is 0 Å². The molecule has 0 fully saturated rings. The smallest absolute Gasteiger partial charge is 0.362 e. The van der Waals surface area contributed by atoms with Gasteiger partial charge in [0.2, 0.25) is 0 Å². The predicted octanol–water partition coefficient (Wildman–Crippen LogP) is 15.7. The average Bonchev–Trinajstić information content (AvgIpc) is 3.27. The van der Waals surface area contributed by atoms with Gasteiger partial charge in [-0.2, -0.15) is 0 Å². The Labute approximate surface area is 400 Å². The van der Waals surface area contributed by atoms with Crippen LogP contribution in [0.25, 0.3) is 0 Å². The number of rotatable bonds is 48. The third-order valence-electron chi connectivity index (χ3n) is 11.9. The molecule has 2 unspecified atom stereocenters. The van der Waals surface area contributed by atoms with Crippen molar-refractivity contribution in [3.8, 4) is 0 Å². The summed E-state index contributed by atoms with van der Waals surface area (Å²) in [6, 6.07) is -0.620. The van der Waals surface area contributed by atoms with Crippen LogP contribution in [0.1, 0.15) is 232 Å². The van der Waals surface area contributed by atoms with Crippen molar-refractivity contribution in [1.29, 1.82) is 0 Å². The number of esters is 2. The maximum absolute atomic E-state index is 12.8. The fourth-order valence-electron chi connectivity index (χ4n) is 7.78. The molecule has 8 nitrogen and oxygen atoms in total. The second kappa shape index (κ2) is 47.5. The van der Waals surface area contributed by atoms with E-state index in [1.165, 1.54) is 122 Å².